The van der Waals surface area contributed by atoms with E-state index in [2.05, 4.69) is 0 Å². The van der Waals surface area contributed by atoms with Crippen molar-refractivity contribution < 1.29 is 22.7 Å². The molecule has 0 saturated heterocycles. The predicted octanol–water partition coefficient (Wildman–Crippen LogP) is 4.06. The topological polar surface area (TPSA) is 26.3 Å². The monoisotopic (exact) mass is 294 g/mol. The van der Waals surface area contributed by atoms with Gasteiger partial charge in [-0.05, 0) is 49.7 Å². The molecule has 0 aliphatic carbocycles. The summed E-state index contributed by atoms with van der Waals surface area (Å²) in [5, 5.41) is 0. The molecule has 0 heterocycles. The number of hydrogen-bond donors (Lipinski definition) is 0. The number of halogens is 3. The second-order valence-corrected chi connectivity index (χ2v) is 4.69. The fourth-order valence-electron chi connectivity index (χ4n) is 1.83. The highest BCUT2D eigenvalue weighted by Gasteiger charge is 2.19. The molecule has 1 unspecified atom stereocenters. The maximum absolute atomic E-state index is 13.6. The minimum absolute atomic E-state index is 0.0329. The third-order valence-electron chi connectivity index (χ3n) is 2.96. The Morgan fingerprint density at radius 1 is 1.00 bits per heavy atom. The molecule has 0 amide bonds. The second-order valence-electron chi connectivity index (χ2n) is 4.69. The minimum atomic E-state index is -1.12. The molecule has 0 bridgehead atoms. The molecule has 0 aliphatic rings. The van der Waals surface area contributed by atoms with E-state index in [1.165, 1.54) is 19.1 Å². The van der Waals surface area contributed by atoms with E-state index in [-0.39, 0.29) is 11.3 Å². The highest BCUT2D eigenvalue weighted by molar-refractivity contribution is 5.99. The van der Waals surface area contributed by atoms with Crippen LogP contribution in [0.25, 0.3) is 0 Å². The van der Waals surface area contributed by atoms with E-state index in [0.717, 1.165) is 23.8 Å². The second kappa shape index (κ2) is 5.99. The Morgan fingerprint density at radius 3 is 2.33 bits per heavy atom. The molecule has 2 nitrogen and oxygen atoms in total. The first-order chi connectivity index (χ1) is 9.88. The van der Waals surface area contributed by atoms with Crippen LogP contribution in [0.3, 0.4) is 0 Å². The van der Waals surface area contributed by atoms with Gasteiger partial charge in [0.1, 0.15) is 0 Å². The van der Waals surface area contributed by atoms with Crippen molar-refractivity contribution in [3.8, 4) is 5.75 Å². The molecule has 2 rings (SSSR count). The van der Waals surface area contributed by atoms with Crippen LogP contribution in [0.15, 0.2) is 36.4 Å². The van der Waals surface area contributed by atoms with E-state index >= 15 is 0 Å². The Balaban J connectivity index is 2.19. The molecular formula is C16H13F3O2. The Morgan fingerprint density at radius 2 is 1.67 bits per heavy atom. The van der Waals surface area contributed by atoms with Crippen LogP contribution in [0.2, 0.25) is 0 Å². The Kier molecular flexibility index (Phi) is 4.31. The van der Waals surface area contributed by atoms with Gasteiger partial charge in [-0.2, -0.15) is 0 Å². The van der Waals surface area contributed by atoms with Gasteiger partial charge in [0.25, 0.3) is 0 Å². The molecule has 1 atom stereocenters. The van der Waals surface area contributed by atoms with Gasteiger partial charge < -0.3 is 4.74 Å². The fraction of sp³-hybridized carbons (Fsp3) is 0.188. The largest absolute Gasteiger partial charge is 0.479 e. The van der Waals surface area contributed by atoms with Crippen LogP contribution in [0.5, 0.6) is 5.75 Å². The Bertz CT molecular complexity index is 683. The molecular weight excluding hydrogens is 281 g/mol. The van der Waals surface area contributed by atoms with Crippen LogP contribution < -0.4 is 4.74 Å². The summed E-state index contributed by atoms with van der Waals surface area (Å²) in [4.78, 5) is 12.1. The Labute approximate surface area is 120 Å². The highest BCUT2D eigenvalue weighted by Crippen LogP contribution is 2.21. The van der Waals surface area contributed by atoms with Crippen molar-refractivity contribution in [3.63, 3.8) is 0 Å². The van der Waals surface area contributed by atoms with Gasteiger partial charge in [-0.3, -0.25) is 4.79 Å². The summed E-state index contributed by atoms with van der Waals surface area (Å²) in [7, 11) is 0. The van der Waals surface area contributed by atoms with Gasteiger partial charge in [-0.25, -0.2) is 13.2 Å². The zero-order valence-electron chi connectivity index (χ0n) is 11.5. The number of aryl methyl sites for hydroxylation is 1. The lowest BCUT2D eigenvalue weighted by Crippen LogP contribution is -2.24. The van der Waals surface area contributed by atoms with E-state index in [1.54, 1.807) is 13.0 Å². The van der Waals surface area contributed by atoms with Crippen LogP contribution in [-0.2, 0) is 0 Å². The average Bonchev–Trinajstić information content (AvgIpc) is 2.45. The number of Topliss-reactive ketones (excluding diaryl/α,β-unsaturated/α-hetero) is 1. The molecule has 0 saturated carbocycles. The van der Waals surface area contributed by atoms with E-state index in [0.29, 0.717) is 0 Å². The minimum Gasteiger partial charge on any atom is -0.479 e. The number of carbonyl (C=O) groups is 1. The first kappa shape index (κ1) is 15.1. The Hall–Kier alpha value is -2.30. The first-order valence-corrected chi connectivity index (χ1v) is 6.30. The summed E-state index contributed by atoms with van der Waals surface area (Å²) in [6.07, 6.45) is -1.02. The number of ketones is 1. The van der Waals surface area contributed by atoms with Crippen molar-refractivity contribution in [2.75, 3.05) is 0 Å². The standard InChI is InChI=1S/C16H13F3O2/c1-9-3-5-13(18)15(7-9)21-10(2)16(20)11-4-6-12(17)14(19)8-11/h3-8,10H,1-2H3. The molecule has 2 aromatic rings. The molecule has 0 N–H and O–H groups in total. The van der Waals surface area contributed by atoms with Crippen LogP contribution in [0, 0.1) is 24.4 Å². The number of benzene rings is 2. The lowest BCUT2D eigenvalue weighted by molar-refractivity contribution is 0.0811. The van der Waals surface area contributed by atoms with Crippen LogP contribution >= 0.6 is 0 Å². The molecule has 0 fully saturated rings. The summed E-state index contributed by atoms with van der Waals surface area (Å²) < 4.78 is 44.8. The zero-order valence-corrected chi connectivity index (χ0v) is 11.5. The lowest BCUT2D eigenvalue weighted by atomic mass is 10.1. The summed E-state index contributed by atoms with van der Waals surface area (Å²) in [6.45, 7) is 3.18. The van der Waals surface area contributed by atoms with Crippen LogP contribution in [0.1, 0.15) is 22.8 Å². The highest BCUT2D eigenvalue weighted by atomic mass is 19.2. The quantitative estimate of drug-likeness (QED) is 0.795. The van der Waals surface area contributed by atoms with Crippen molar-refractivity contribution >= 4 is 5.78 Å². The molecule has 0 aliphatic heterocycles. The van der Waals surface area contributed by atoms with Gasteiger partial charge in [0, 0.05) is 5.56 Å². The predicted molar refractivity (Wildman–Crippen MR) is 71.9 cm³/mol. The van der Waals surface area contributed by atoms with E-state index in [4.69, 9.17) is 4.74 Å². The van der Waals surface area contributed by atoms with E-state index in [1.807, 2.05) is 0 Å². The van der Waals surface area contributed by atoms with Crippen molar-refractivity contribution in [2.24, 2.45) is 0 Å². The van der Waals surface area contributed by atoms with Gasteiger partial charge in [-0.1, -0.05) is 6.07 Å². The number of carbonyl (C=O) groups excluding carboxylic acids is 1. The smallest absolute Gasteiger partial charge is 0.203 e. The summed E-state index contributed by atoms with van der Waals surface area (Å²) in [5.74, 6) is -3.36. The van der Waals surface area contributed by atoms with Gasteiger partial charge in [-0.15, -0.1) is 0 Å². The van der Waals surface area contributed by atoms with Crippen molar-refractivity contribution in [3.05, 3.63) is 65.0 Å². The van der Waals surface area contributed by atoms with E-state index < -0.39 is 29.3 Å². The number of hydrogen-bond acceptors (Lipinski definition) is 2. The molecule has 2 aromatic carbocycles. The van der Waals surface area contributed by atoms with Crippen molar-refractivity contribution in [1.82, 2.24) is 0 Å². The molecule has 21 heavy (non-hydrogen) atoms. The maximum Gasteiger partial charge on any atom is 0.203 e. The third kappa shape index (κ3) is 3.42. The third-order valence-corrected chi connectivity index (χ3v) is 2.96. The first-order valence-electron chi connectivity index (χ1n) is 6.30. The molecule has 0 spiro atoms. The average molecular weight is 294 g/mol. The van der Waals surface area contributed by atoms with Crippen LogP contribution in [-0.4, -0.2) is 11.9 Å². The fourth-order valence-corrected chi connectivity index (χ4v) is 1.83. The normalized spacial score (nSPS) is 12.0. The SMILES string of the molecule is Cc1ccc(F)c(OC(C)C(=O)c2ccc(F)c(F)c2)c1. The maximum atomic E-state index is 13.6. The van der Waals surface area contributed by atoms with E-state index in [9.17, 15) is 18.0 Å². The van der Waals surface area contributed by atoms with Crippen molar-refractivity contribution in [1.29, 1.82) is 0 Å². The summed E-state index contributed by atoms with van der Waals surface area (Å²) >= 11 is 0. The number of ether oxygens (including phenoxy) is 1. The van der Waals surface area contributed by atoms with Crippen molar-refractivity contribution in [2.45, 2.75) is 20.0 Å². The van der Waals surface area contributed by atoms with Gasteiger partial charge in [0.05, 0.1) is 0 Å². The van der Waals surface area contributed by atoms with Gasteiger partial charge in [0.15, 0.2) is 29.3 Å². The molecule has 0 aromatic heterocycles. The van der Waals surface area contributed by atoms with Gasteiger partial charge in [0.2, 0.25) is 5.78 Å². The van der Waals surface area contributed by atoms with Crippen LogP contribution in [0.4, 0.5) is 13.2 Å². The van der Waals surface area contributed by atoms with Gasteiger partial charge >= 0.3 is 0 Å². The summed E-state index contributed by atoms with van der Waals surface area (Å²) in [6, 6.07) is 7.09. The zero-order chi connectivity index (χ0) is 15.6. The number of rotatable bonds is 4. The molecule has 110 valence electrons. The molecule has 0 radical (unpaired) electrons. The lowest BCUT2D eigenvalue weighted by Gasteiger charge is -2.15. The molecule has 5 heteroatoms. The summed E-state index contributed by atoms with van der Waals surface area (Å²) in [5.41, 5.74) is 0.744.